The van der Waals surface area contributed by atoms with Crippen LogP contribution in [0.5, 0.6) is 0 Å². The molecule has 0 aliphatic heterocycles. The molecule has 0 aromatic carbocycles. The summed E-state index contributed by atoms with van der Waals surface area (Å²) in [6.07, 6.45) is 2.92. The lowest BCUT2D eigenvalue weighted by Gasteiger charge is -2.25. The fourth-order valence-corrected chi connectivity index (χ4v) is 5.28. The van der Waals surface area contributed by atoms with Gasteiger partial charge in [-0.3, -0.25) is 9.69 Å². The number of amides is 1. The summed E-state index contributed by atoms with van der Waals surface area (Å²) in [4.78, 5) is 28.8. The predicted molar refractivity (Wildman–Crippen MR) is 116 cm³/mol. The summed E-state index contributed by atoms with van der Waals surface area (Å²) in [5.74, 6) is 1.23. The van der Waals surface area contributed by atoms with Crippen LogP contribution >= 0.6 is 11.3 Å². The predicted octanol–water partition coefficient (Wildman–Crippen LogP) is 4.60. The van der Waals surface area contributed by atoms with Gasteiger partial charge in [0.25, 0.3) is 0 Å². The fourth-order valence-electron chi connectivity index (χ4n) is 3.86. The van der Waals surface area contributed by atoms with Gasteiger partial charge >= 0.3 is 5.97 Å². The second kappa shape index (κ2) is 10.4. The summed E-state index contributed by atoms with van der Waals surface area (Å²) >= 11 is 1.55. The van der Waals surface area contributed by atoms with Gasteiger partial charge in [0.05, 0.1) is 18.7 Å². The van der Waals surface area contributed by atoms with Crippen molar-refractivity contribution in [3.63, 3.8) is 0 Å². The average Bonchev–Trinajstić information content (AvgIpc) is 2.90. The Morgan fingerprint density at radius 2 is 1.86 bits per heavy atom. The maximum Gasteiger partial charge on any atom is 0.341 e. The van der Waals surface area contributed by atoms with Crippen LogP contribution in [-0.2, 0) is 22.4 Å². The van der Waals surface area contributed by atoms with E-state index in [4.69, 9.17) is 4.74 Å². The van der Waals surface area contributed by atoms with E-state index in [9.17, 15) is 9.59 Å². The molecule has 1 aromatic rings. The second-order valence-electron chi connectivity index (χ2n) is 8.81. The Morgan fingerprint density at radius 1 is 1.21 bits per heavy atom. The van der Waals surface area contributed by atoms with Gasteiger partial charge in [-0.05, 0) is 49.5 Å². The third-order valence-electron chi connectivity index (χ3n) is 4.86. The molecule has 1 N–H and O–H groups in total. The zero-order valence-electron chi connectivity index (χ0n) is 18.3. The minimum atomic E-state index is -0.314. The number of anilines is 1. The van der Waals surface area contributed by atoms with Gasteiger partial charge in [-0.2, -0.15) is 0 Å². The van der Waals surface area contributed by atoms with Crippen molar-refractivity contribution in [2.24, 2.45) is 17.8 Å². The summed E-state index contributed by atoms with van der Waals surface area (Å²) in [5.41, 5.74) is 1.67. The third kappa shape index (κ3) is 6.31. The van der Waals surface area contributed by atoms with Crippen LogP contribution in [-0.4, -0.2) is 43.0 Å². The van der Waals surface area contributed by atoms with E-state index in [0.717, 1.165) is 37.9 Å². The molecule has 0 bridgehead atoms. The summed E-state index contributed by atoms with van der Waals surface area (Å²) in [7, 11) is 0. The first-order chi connectivity index (χ1) is 13.2. The highest BCUT2D eigenvalue weighted by Gasteiger charge is 2.29. The molecule has 158 valence electrons. The fraction of sp³-hybridized carbons (Fsp3) is 0.727. The number of hydrogen-bond acceptors (Lipinski definition) is 5. The van der Waals surface area contributed by atoms with Crippen molar-refractivity contribution in [1.29, 1.82) is 0 Å². The Kier molecular flexibility index (Phi) is 8.50. The largest absolute Gasteiger partial charge is 0.462 e. The Bertz CT molecular complexity index is 672. The number of esters is 1. The Hall–Kier alpha value is -1.40. The van der Waals surface area contributed by atoms with Crippen LogP contribution in [0.2, 0.25) is 0 Å². The molecule has 1 aliphatic carbocycles. The van der Waals surface area contributed by atoms with Crippen LogP contribution in [0.1, 0.15) is 68.8 Å². The van der Waals surface area contributed by atoms with Crippen molar-refractivity contribution in [1.82, 2.24) is 4.90 Å². The van der Waals surface area contributed by atoms with Crippen LogP contribution in [0.25, 0.3) is 0 Å². The van der Waals surface area contributed by atoms with Gasteiger partial charge in [-0.25, -0.2) is 4.79 Å². The molecule has 1 amide bonds. The second-order valence-corrected chi connectivity index (χ2v) is 9.91. The quantitative estimate of drug-likeness (QED) is 0.607. The molecule has 0 radical (unpaired) electrons. The summed E-state index contributed by atoms with van der Waals surface area (Å²) < 4.78 is 5.29. The minimum absolute atomic E-state index is 0.0570. The van der Waals surface area contributed by atoms with E-state index >= 15 is 0 Å². The number of fused-ring (bicyclic) bond motifs is 1. The molecule has 28 heavy (non-hydrogen) atoms. The number of hydrogen-bond donors (Lipinski definition) is 1. The number of carbonyl (C=O) groups is 2. The molecule has 1 aromatic heterocycles. The van der Waals surface area contributed by atoms with Gasteiger partial charge in [0.15, 0.2) is 0 Å². The highest BCUT2D eigenvalue weighted by Crippen LogP contribution is 2.40. The van der Waals surface area contributed by atoms with Gasteiger partial charge in [-0.1, -0.05) is 34.6 Å². The number of thiophene rings is 1. The van der Waals surface area contributed by atoms with Crippen molar-refractivity contribution in [3.05, 3.63) is 16.0 Å². The molecule has 0 unspecified atom stereocenters. The molecule has 1 heterocycles. The third-order valence-corrected chi connectivity index (χ3v) is 6.03. The Labute approximate surface area is 173 Å². The molecule has 0 saturated carbocycles. The number of ether oxygens (including phenoxy) is 1. The van der Waals surface area contributed by atoms with Gasteiger partial charge in [0, 0.05) is 18.0 Å². The maximum atomic E-state index is 12.8. The topological polar surface area (TPSA) is 58.6 Å². The van der Waals surface area contributed by atoms with E-state index in [1.54, 1.807) is 11.3 Å². The molecule has 0 spiro atoms. The first-order valence-electron chi connectivity index (χ1n) is 10.5. The summed E-state index contributed by atoms with van der Waals surface area (Å²) in [5, 5.41) is 3.70. The molecule has 2 rings (SSSR count). The van der Waals surface area contributed by atoms with Crippen LogP contribution in [0, 0.1) is 17.8 Å². The van der Waals surface area contributed by atoms with E-state index in [0.29, 0.717) is 41.5 Å². The molecule has 0 fully saturated rings. The van der Waals surface area contributed by atoms with E-state index in [2.05, 4.69) is 44.8 Å². The summed E-state index contributed by atoms with van der Waals surface area (Å²) in [6.45, 7) is 15.2. The van der Waals surface area contributed by atoms with Crippen LogP contribution in [0.15, 0.2) is 0 Å². The molecule has 0 saturated heterocycles. The van der Waals surface area contributed by atoms with E-state index in [-0.39, 0.29) is 11.9 Å². The molecular weight excluding hydrogens is 372 g/mol. The van der Waals surface area contributed by atoms with Gasteiger partial charge < -0.3 is 10.1 Å². The number of nitrogens with zero attached hydrogens (tertiary/aromatic N) is 1. The maximum absolute atomic E-state index is 12.8. The zero-order chi connectivity index (χ0) is 20.8. The van der Waals surface area contributed by atoms with E-state index in [1.807, 2.05) is 6.92 Å². The van der Waals surface area contributed by atoms with Crippen molar-refractivity contribution in [2.45, 2.75) is 60.8 Å². The first-order valence-corrected chi connectivity index (χ1v) is 11.4. The normalized spacial score (nSPS) is 16.5. The highest BCUT2D eigenvalue weighted by atomic mass is 32.1. The Morgan fingerprint density at radius 3 is 2.43 bits per heavy atom. The number of rotatable bonds is 9. The van der Waals surface area contributed by atoms with E-state index < -0.39 is 0 Å². The number of carbonyl (C=O) groups excluding carboxylic acids is 2. The highest BCUT2D eigenvalue weighted by molar-refractivity contribution is 7.17. The lowest BCUT2D eigenvalue weighted by Crippen LogP contribution is -2.38. The van der Waals surface area contributed by atoms with Crippen LogP contribution < -0.4 is 5.32 Å². The standard InChI is InChI=1S/C22H36N2O3S/c1-7-27-22(26)20-17-9-8-16(6)10-18(17)28-21(20)23-19(25)13-24(11-14(2)3)12-15(4)5/h14-16H,7-13H2,1-6H3,(H,23,25)/t16-/m0/s1. The van der Waals surface area contributed by atoms with Gasteiger partial charge in [-0.15, -0.1) is 11.3 Å². The molecular formula is C22H36N2O3S. The van der Waals surface area contributed by atoms with Crippen LogP contribution in [0.4, 0.5) is 5.00 Å². The van der Waals surface area contributed by atoms with E-state index in [1.165, 1.54) is 4.88 Å². The smallest absolute Gasteiger partial charge is 0.341 e. The Balaban J connectivity index is 2.19. The molecule has 6 heteroatoms. The monoisotopic (exact) mass is 408 g/mol. The summed E-state index contributed by atoms with van der Waals surface area (Å²) in [6, 6.07) is 0. The SMILES string of the molecule is CCOC(=O)c1c(NC(=O)CN(CC(C)C)CC(C)C)sc2c1CC[C@H](C)C2. The molecule has 5 nitrogen and oxygen atoms in total. The van der Waals surface area contributed by atoms with Crippen molar-refractivity contribution < 1.29 is 14.3 Å². The van der Waals surface area contributed by atoms with Crippen molar-refractivity contribution >= 4 is 28.2 Å². The van der Waals surface area contributed by atoms with Crippen molar-refractivity contribution in [2.75, 3.05) is 31.6 Å². The molecule has 1 atom stereocenters. The number of nitrogens with one attached hydrogen (secondary N) is 1. The van der Waals surface area contributed by atoms with Crippen molar-refractivity contribution in [3.8, 4) is 0 Å². The average molecular weight is 409 g/mol. The van der Waals surface area contributed by atoms with Gasteiger partial charge in [0.1, 0.15) is 5.00 Å². The van der Waals surface area contributed by atoms with Crippen LogP contribution in [0.3, 0.4) is 0 Å². The molecule has 1 aliphatic rings. The minimum Gasteiger partial charge on any atom is -0.462 e. The lowest BCUT2D eigenvalue weighted by molar-refractivity contribution is -0.117. The lowest BCUT2D eigenvalue weighted by atomic mass is 9.88. The zero-order valence-corrected chi connectivity index (χ0v) is 19.1. The van der Waals surface area contributed by atoms with Gasteiger partial charge in [0.2, 0.25) is 5.91 Å². The first kappa shape index (κ1) is 22.9.